The molecule has 0 aliphatic carbocycles. The minimum absolute atomic E-state index is 0.0290. The highest BCUT2D eigenvalue weighted by atomic mass is 32.2. The quantitative estimate of drug-likeness (QED) is 0.644. The maximum Gasteiger partial charge on any atom is 0.267 e. The first-order valence-corrected chi connectivity index (χ1v) is 6.99. The van der Waals surface area contributed by atoms with Gasteiger partial charge in [0.15, 0.2) is 0 Å². The number of hydrogen-bond acceptors (Lipinski definition) is 4. The zero-order valence-electron chi connectivity index (χ0n) is 7.46. The van der Waals surface area contributed by atoms with Gasteiger partial charge < -0.3 is 0 Å². The van der Waals surface area contributed by atoms with Crippen molar-refractivity contribution in [2.45, 2.75) is 24.5 Å². The van der Waals surface area contributed by atoms with Crippen molar-refractivity contribution in [3.63, 3.8) is 0 Å². The third-order valence-electron chi connectivity index (χ3n) is 1.67. The summed E-state index contributed by atoms with van der Waals surface area (Å²) >= 11 is 0. The van der Waals surface area contributed by atoms with E-state index in [9.17, 15) is 16.8 Å². The first kappa shape index (κ1) is 13.8. The van der Waals surface area contributed by atoms with Gasteiger partial charge in [0.05, 0.1) is 11.0 Å². The fourth-order valence-corrected chi connectivity index (χ4v) is 2.23. The van der Waals surface area contributed by atoms with Gasteiger partial charge in [0.1, 0.15) is 0 Å². The van der Waals surface area contributed by atoms with E-state index in [2.05, 4.69) is 6.92 Å². The maximum absolute atomic E-state index is 10.6. The molecule has 1 unspecified atom stereocenters. The molecule has 0 aliphatic heterocycles. The topological polar surface area (TPSA) is 109 Å². The van der Waals surface area contributed by atoms with Crippen molar-refractivity contribution < 1.29 is 25.9 Å². The molecule has 0 aliphatic rings. The molecule has 0 fully saturated rings. The van der Waals surface area contributed by atoms with Crippen LogP contribution in [0.25, 0.3) is 0 Å². The third kappa shape index (κ3) is 6.30. The van der Waals surface area contributed by atoms with Crippen LogP contribution in [0.1, 0.15) is 19.3 Å². The van der Waals surface area contributed by atoms with E-state index >= 15 is 0 Å². The highest BCUT2D eigenvalue weighted by Crippen LogP contribution is 2.11. The summed E-state index contributed by atoms with van der Waals surface area (Å²) in [7, 11) is -8.24. The summed E-state index contributed by atoms with van der Waals surface area (Å²) in [5.41, 5.74) is 0. The molecule has 0 aromatic rings. The van der Waals surface area contributed by atoms with Gasteiger partial charge >= 0.3 is 0 Å². The summed E-state index contributed by atoms with van der Waals surface area (Å²) < 4.78 is 58.8. The van der Waals surface area contributed by atoms with Gasteiger partial charge in [0, 0.05) is 0 Å². The summed E-state index contributed by atoms with van der Waals surface area (Å²) in [5.74, 6) is -0.515. The van der Waals surface area contributed by atoms with Gasteiger partial charge in [-0.1, -0.05) is 6.92 Å². The Morgan fingerprint density at radius 2 is 1.64 bits per heavy atom. The molecule has 8 heteroatoms. The Morgan fingerprint density at radius 1 is 1.14 bits per heavy atom. The van der Waals surface area contributed by atoms with Crippen LogP contribution in [0.5, 0.6) is 0 Å². The molecule has 0 bridgehead atoms. The predicted octanol–water partition coefficient (Wildman–Crippen LogP) is 0.135. The molecule has 0 heterocycles. The normalized spacial score (nSPS) is 15.4. The van der Waals surface area contributed by atoms with Gasteiger partial charge in [-0.25, -0.2) is 0 Å². The minimum atomic E-state index is -4.17. The van der Waals surface area contributed by atoms with Crippen LogP contribution < -0.4 is 0 Å². The van der Waals surface area contributed by atoms with E-state index in [0.717, 1.165) is 0 Å². The van der Waals surface area contributed by atoms with Crippen LogP contribution in [0, 0.1) is 6.92 Å². The average Bonchev–Trinajstić information content (AvgIpc) is 1.93. The molecule has 1 atom stereocenters. The first-order chi connectivity index (χ1) is 6.17. The standard InChI is InChI=1S/C6H13O6S2/c1-2-6(14(10,11)12)4-3-5-13(7,8)9/h6H,1-5H2,(H,7,8,9)(H,10,11,12). The molecule has 85 valence electrons. The summed E-state index contributed by atoms with van der Waals surface area (Å²) in [6.07, 6.45) is -0.106. The first-order valence-electron chi connectivity index (χ1n) is 3.87. The smallest absolute Gasteiger partial charge is 0.267 e. The molecule has 0 rings (SSSR count). The fraction of sp³-hybridized carbons (Fsp3) is 0.833. The zero-order chi connectivity index (χ0) is 11.4. The molecular formula is C6H13O6S2. The molecule has 0 saturated carbocycles. The number of rotatable bonds is 6. The monoisotopic (exact) mass is 245 g/mol. The van der Waals surface area contributed by atoms with Crippen LogP contribution in [0.3, 0.4) is 0 Å². The van der Waals surface area contributed by atoms with Crippen molar-refractivity contribution in [2.75, 3.05) is 5.75 Å². The van der Waals surface area contributed by atoms with E-state index in [1.165, 1.54) is 0 Å². The maximum atomic E-state index is 10.6. The van der Waals surface area contributed by atoms with Crippen molar-refractivity contribution in [1.82, 2.24) is 0 Å². The second-order valence-corrected chi connectivity index (χ2v) is 6.12. The predicted molar refractivity (Wildman–Crippen MR) is 51.0 cm³/mol. The van der Waals surface area contributed by atoms with Gasteiger partial charge in [-0.2, -0.15) is 16.8 Å². The Morgan fingerprint density at radius 3 is 1.93 bits per heavy atom. The lowest BCUT2D eigenvalue weighted by molar-refractivity contribution is 0.455. The van der Waals surface area contributed by atoms with Crippen LogP contribution >= 0.6 is 0 Å². The lowest BCUT2D eigenvalue weighted by Crippen LogP contribution is -2.20. The van der Waals surface area contributed by atoms with Crippen LogP contribution in [-0.2, 0) is 20.2 Å². The van der Waals surface area contributed by atoms with E-state index < -0.39 is 31.2 Å². The third-order valence-corrected chi connectivity index (χ3v) is 3.79. The largest absolute Gasteiger partial charge is 0.286 e. The molecule has 0 spiro atoms. The van der Waals surface area contributed by atoms with Gasteiger partial charge in [0.25, 0.3) is 20.2 Å². The molecule has 0 amide bonds. The SMILES string of the molecule is [CH2]CC(CCCS(=O)(=O)O)S(=O)(=O)O. The van der Waals surface area contributed by atoms with E-state index in [1.807, 2.05) is 0 Å². The van der Waals surface area contributed by atoms with Crippen LogP contribution in [0.2, 0.25) is 0 Å². The molecule has 14 heavy (non-hydrogen) atoms. The average molecular weight is 245 g/mol. The number of hydrogen-bond donors (Lipinski definition) is 2. The Balaban J connectivity index is 4.12. The van der Waals surface area contributed by atoms with E-state index in [4.69, 9.17) is 9.11 Å². The van der Waals surface area contributed by atoms with Gasteiger partial charge in [-0.05, 0) is 19.3 Å². The fourth-order valence-electron chi connectivity index (χ4n) is 0.936. The van der Waals surface area contributed by atoms with Crippen LogP contribution in [0.15, 0.2) is 0 Å². The highest BCUT2D eigenvalue weighted by molar-refractivity contribution is 7.86. The Hall–Kier alpha value is -0.180. The lowest BCUT2D eigenvalue weighted by Gasteiger charge is -2.09. The molecule has 1 radical (unpaired) electrons. The van der Waals surface area contributed by atoms with Crippen molar-refractivity contribution in [1.29, 1.82) is 0 Å². The molecule has 2 N–H and O–H groups in total. The van der Waals surface area contributed by atoms with Crippen molar-refractivity contribution in [3.05, 3.63) is 6.92 Å². The minimum Gasteiger partial charge on any atom is -0.286 e. The molecule has 0 aromatic heterocycles. The molecule has 6 nitrogen and oxygen atoms in total. The molecule has 0 saturated heterocycles. The van der Waals surface area contributed by atoms with Gasteiger partial charge in [-0.15, -0.1) is 0 Å². The van der Waals surface area contributed by atoms with Crippen molar-refractivity contribution >= 4 is 20.2 Å². The summed E-state index contributed by atoms with van der Waals surface area (Å²) in [5, 5.41) is -1.07. The Kier molecular flexibility index (Phi) is 4.99. The highest BCUT2D eigenvalue weighted by Gasteiger charge is 2.21. The van der Waals surface area contributed by atoms with E-state index in [1.54, 1.807) is 0 Å². The second kappa shape index (κ2) is 5.06. The van der Waals surface area contributed by atoms with Crippen LogP contribution in [-0.4, -0.2) is 36.9 Å². The van der Waals surface area contributed by atoms with Gasteiger partial charge in [-0.3, -0.25) is 9.11 Å². The zero-order valence-corrected chi connectivity index (χ0v) is 9.09. The summed E-state index contributed by atoms with van der Waals surface area (Å²) in [6.45, 7) is 3.32. The lowest BCUT2D eigenvalue weighted by atomic mass is 10.2. The van der Waals surface area contributed by atoms with Gasteiger partial charge in [0.2, 0.25) is 0 Å². The molecular weight excluding hydrogens is 232 g/mol. The van der Waals surface area contributed by atoms with E-state index in [-0.39, 0.29) is 19.3 Å². The Labute approximate surface area is 83.8 Å². The second-order valence-electron chi connectivity index (χ2n) is 2.85. The van der Waals surface area contributed by atoms with Crippen molar-refractivity contribution in [2.24, 2.45) is 0 Å². The summed E-state index contributed by atoms with van der Waals surface area (Å²) in [6, 6.07) is 0. The van der Waals surface area contributed by atoms with Crippen LogP contribution in [0.4, 0.5) is 0 Å². The molecule has 0 aromatic carbocycles. The van der Waals surface area contributed by atoms with E-state index in [0.29, 0.717) is 0 Å². The summed E-state index contributed by atoms with van der Waals surface area (Å²) in [4.78, 5) is 0. The van der Waals surface area contributed by atoms with Crippen molar-refractivity contribution in [3.8, 4) is 0 Å². The Bertz CT molecular complexity index is 354.